The van der Waals surface area contributed by atoms with Crippen molar-refractivity contribution in [1.82, 2.24) is 14.8 Å². The molecule has 0 aliphatic heterocycles. The molecule has 1 saturated carbocycles. The Hall–Kier alpha value is -1.28. The Balaban J connectivity index is 2.03. The van der Waals surface area contributed by atoms with E-state index in [0.717, 1.165) is 44.2 Å². The first-order valence-corrected chi connectivity index (χ1v) is 7.07. The third-order valence-electron chi connectivity index (χ3n) is 3.36. The summed E-state index contributed by atoms with van der Waals surface area (Å²) in [7, 11) is 1.69. The fraction of sp³-hybridized carbons (Fsp3) is 0.727. The zero-order valence-electron chi connectivity index (χ0n) is 10.8. The van der Waals surface area contributed by atoms with E-state index < -0.39 is 5.97 Å². The number of hydrogen-bond acceptors (Lipinski definition) is 6. The second-order valence-corrected chi connectivity index (χ2v) is 5.79. The predicted octanol–water partition coefficient (Wildman–Crippen LogP) is 0.854. The molecule has 1 aromatic heterocycles. The number of hydrogen-bond donors (Lipinski definition) is 2. The molecule has 3 N–H and O–H groups in total. The van der Waals surface area contributed by atoms with E-state index >= 15 is 0 Å². The van der Waals surface area contributed by atoms with Gasteiger partial charge in [-0.1, -0.05) is 11.8 Å². The van der Waals surface area contributed by atoms with Crippen molar-refractivity contribution in [3.63, 3.8) is 0 Å². The van der Waals surface area contributed by atoms with E-state index in [2.05, 4.69) is 10.2 Å². The number of carbonyl (C=O) groups is 1. The summed E-state index contributed by atoms with van der Waals surface area (Å²) in [5.41, 5.74) is 6.02. The van der Waals surface area contributed by atoms with Gasteiger partial charge in [-0.05, 0) is 24.7 Å². The molecule has 0 radical (unpaired) electrons. The highest BCUT2D eigenvalue weighted by Gasteiger charge is 2.43. The van der Waals surface area contributed by atoms with Gasteiger partial charge in [-0.2, -0.15) is 0 Å². The summed E-state index contributed by atoms with van der Waals surface area (Å²) in [4.78, 5) is 10.6. The number of thioether (sulfide) groups is 1. The van der Waals surface area contributed by atoms with Crippen LogP contribution in [-0.2, 0) is 16.1 Å². The Morgan fingerprint density at radius 2 is 2.32 bits per heavy atom. The lowest BCUT2D eigenvalue weighted by atomic mass is 10.0. The molecule has 1 aromatic rings. The molecule has 2 rings (SSSR count). The first-order valence-electron chi connectivity index (χ1n) is 6.08. The zero-order chi connectivity index (χ0) is 13.9. The van der Waals surface area contributed by atoms with Crippen molar-refractivity contribution in [1.29, 1.82) is 0 Å². The van der Waals surface area contributed by atoms with Crippen LogP contribution in [0.3, 0.4) is 0 Å². The minimum Gasteiger partial charge on any atom is -0.481 e. The van der Waals surface area contributed by atoms with E-state index in [1.54, 1.807) is 7.11 Å². The van der Waals surface area contributed by atoms with Gasteiger partial charge < -0.3 is 15.6 Å². The van der Waals surface area contributed by atoms with Crippen LogP contribution in [0.5, 0.6) is 0 Å². The zero-order valence-corrected chi connectivity index (χ0v) is 11.7. The molecule has 1 aliphatic rings. The van der Waals surface area contributed by atoms with Crippen LogP contribution < -0.4 is 5.73 Å². The maximum absolute atomic E-state index is 10.6. The SMILES string of the molecule is COCCC1(Cn2c(N)nnc2SCC(=O)O)CC1. The lowest BCUT2D eigenvalue weighted by Crippen LogP contribution is -2.16. The predicted molar refractivity (Wildman–Crippen MR) is 71.0 cm³/mol. The average molecular weight is 286 g/mol. The highest BCUT2D eigenvalue weighted by Crippen LogP contribution is 2.50. The number of nitrogen functional groups attached to an aromatic ring is 1. The standard InChI is InChI=1S/C11H18N4O3S/c1-18-5-4-11(2-3-11)7-15-9(12)13-14-10(15)19-6-8(16)17/h2-7H2,1H3,(H2,12,13)(H,16,17). The summed E-state index contributed by atoms with van der Waals surface area (Å²) >= 11 is 1.15. The Morgan fingerprint density at radius 1 is 1.58 bits per heavy atom. The maximum atomic E-state index is 10.6. The lowest BCUT2D eigenvalue weighted by molar-refractivity contribution is -0.133. The minimum absolute atomic E-state index is 0.0385. The number of nitrogens with zero attached hydrogens (tertiary/aromatic N) is 3. The highest BCUT2D eigenvalue weighted by atomic mass is 32.2. The van der Waals surface area contributed by atoms with E-state index in [9.17, 15) is 4.79 Å². The molecular formula is C11H18N4O3S. The van der Waals surface area contributed by atoms with Gasteiger partial charge >= 0.3 is 5.97 Å². The van der Waals surface area contributed by atoms with Gasteiger partial charge in [0.2, 0.25) is 5.95 Å². The largest absolute Gasteiger partial charge is 0.481 e. The number of aromatic nitrogens is 3. The van der Waals surface area contributed by atoms with E-state index in [1.807, 2.05) is 4.57 Å². The van der Waals surface area contributed by atoms with Crippen molar-refractivity contribution < 1.29 is 14.6 Å². The van der Waals surface area contributed by atoms with Crippen LogP contribution in [0.2, 0.25) is 0 Å². The molecule has 0 saturated heterocycles. The van der Waals surface area contributed by atoms with Crippen molar-refractivity contribution >= 4 is 23.7 Å². The van der Waals surface area contributed by atoms with Gasteiger partial charge in [0.15, 0.2) is 5.16 Å². The quantitative estimate of drug-likeness (QED) is 0.683. The average Bonchev–Trinajstić information content (AvgIpc) is 3.06. The Kier molecular flexibility index (Phi) is 4.31. The van der Waals surface area contributed by atoms with Crippen molar-refractivity contribution in [2.75, 3.05) is 25.2 Å². The van der Waals surface area contributed by atoms with Crippen LogP contribution >= 0.6 is 11.8 Å². The molecule has 19 heavy (non-hydrogen) atoms. The fourth-order valence-electron chi connectivity index (χ4n) is 2.00. The second-order valence-electron chi connectivity index (χ2n) is 4.85. The summed E-state index contributed by atoms with van der Waals surface area (Å²) in [6.07, 6.45) is 3.25. The van der Waals surface area contributed by atoms with Crippen LogP contribution in [0, 0.1) is 5.41 Å². The van der Waals surface area contributed by atoms with Crippen LogP contribution in [0.15, 0.2) is 5.16 Å². The number of carboxylic acids is 1. The molecule has 0 bridgehead atoms. The summed E-state index contributed by atoms with van der Waals surface area (Å²) < 4.78 is 6.94. The molecule has 1 fully saturated rings. The number of aliphatic carboxylic acids is 1. The molecule has 0 atom stereocenters. The molecule has 1 aliphatic carbocycles. The molecule has 0 amide bonds. The normalized spacial score (nSPS) is 16.5. The Morgan fingerprint density at radius 3 is 2.89 bits per heavy atom. The summed E-state index contributed by atoms with van der Waals surface area (Å²) in [5.74, 6) is -0.571. The number of ether oxygens (including phenoxy) is 1. The van der Waals surface area contributed by atoms with Crippen LogP contribution in [0.25, 0.3) is 0 Å². The summed E-state index contributed by atoms with van der Waals surface area (Å²) in [6.45, 7) is 1.46. The van der Waals surface area contributed by atoms with E-state index in [-0.39, 0.29) is 11.2 Å². The van der Waals surface area contributed by atoms with Crippen LogP contribution in [0.4, 0.5) is 5.95 Å². The van der Waals surface area contributed by atoms with Gasteiger partial charge in [0.25, 0.3) is 0 Å². The number of rotatable bonds is 8. The number of nitrogens with two attached hydrogens (primary N) is 1. The van der Waals surface area contributed by atoms with E-state index in [0.29, 0.717) is 11.1 Å². The Labute approximate surface area is 115 Å². The highest BCUT2D eigenvalue weighted by molar-refractivity contribution is 7.99. The first-order chi connectivity index (χ1) is 9.06. The van der Waals surface area contributed by atoms with Crippen LogP contribution in [0.1, 0.15) is 19.3 Å². The molecule has 1 heterocycles. The smallest absolute Gasteiger partial charge is 0.313 e. The van der Waals surface area contributed by atoms with Gasteiger partial charge in [0.05, 0.1) is 5.75 Å². The van der Waals surface area contributed by atoms with Gasteiger partial charge in [-0.15, -0.1) is 10.2 Å². The van der Waals surface area contributed by atoms with Gasteiger partial charge in [-0.25, -0.2) is 0 Å². The molecule has 106 valence electrons. The first kappa shape index (κ1) is 14.1. The number of anilines is 1. The van der Waals surface area contributed by atoms with Gasteiger partial charge in [-0.3, -0.25) is 9.36 Å². The second kappa shape index (κ2) is 5.79. The van der Waals surface area contributed by atoms with Gasteiger partial charge in [0.1, 0.15) is 0 Å². The number of carboxylic acid groups (broad SMARTS) is 1. The van der Waals surface area contributed by atoms with E-state index in [1.165, 1.54) is 0 Å². The monoisotopic (exact) mass is 286 g/mol. The topological polar surface area (TPSA) is 103 Å². The maximum Gasteiger partial charge on any atom is 0.313 e. The molecule has 0 aromatic carbocycles. The third kappa shape index (κ3) is 3.60. The molecule has 0 unspecified atom stereocenters. The van der Waals surface area contributed by atoms with Crippen molar-refractivity contribution in [2.45, 2.75) is 31.0 Å². The molecule has 8 heteroatoms. The van der Waals surface area contributed by atoms with Crippen molar-refractivity contribution in [3.05, 3.63) is 0 Å². The molecule has 0 spiro atoms. The van der Waals surface area contributed by atoms with Crippen molar-refractivity contribution in [3.8, 4) is 0 Å². The fourth-order valence-corrected chi connectivity index (χ4v) is 2.66. The summed E-state index contributed by atoms with van der Waals surface area (Å²) in [5, 5.41) is 17.0. The molecule has 7 nitrogen and oxygen atoms in total. The van der Waals surface area contributed by atoms with E-state index in [4.69, 9.17) is 15.6 Å². The lowest BCUT2D eigenvalue weighted by Gasteiger charge is -2.17. The van der Waals surface area contributed by atoms with Crippen molar-refractivity contribution in [2.24, 2.45) is 5.41 Å². The summed E-state index contributed by atoms with van der Waals surface area (Å²) in [6, 6.07) is 0. The minimum atomic E-state index is -0.876. The third-order valence-corrected chi connectivity index (χ3v) is 4.31. The molecular weight excluding hydrogens is 268 g/mol. The van der Waals surface area contributed by atoms with Crippen LogP contribution in [-0.4, -0.2) is 45.3 Å². The van der Waals surface area contributed by atoms with Gasteiger partial charge in [0, 0.05) is 20.3 Å². The Bertz CT molecular complexity index is 459. The number of methoxy groups -OCH3 is 1.